The van der Waals surface area contributed by atoms with Crippen LogP contribution in [0.5, 0.6) is 0 Å². The Morgan fingerprint density at radius 3 is 2.60 bits per heavy atom. The van der Waals surface area contributed by atoms with Gasteiger partial charge >= 0.3 is 6.03 Å². The van der Waals surface area contributed by atoms with E-state index in [0.29, 0.717) is 6.54 Å². The van der Waals surface area contributed by atoms with Crippen LogP contribution >= 0.6 is 11.6 Å². The third-order valence-electron chi connectivity index (χ3n) is 3.98. The monoisotopic (exact) mass is 294 g/mol. The van der Waals surface area contributed by atoms with E-state index in [-0.39, 0.29) is 6.03 Å². The number of rotatable bonds is 5. The second-order valence-corrected chi connectivity index (χ2v) is 6.09. The summed E-state index contributed by atoms with van der Waals surface area (Å²) in [6.45, 7) is 1.39. The van der Waals surface area contributed by atoms with Gasteiger partial charge in [0.15, 0.2) is 0 Å². The Morgan fingerprint density at radius 1 is 1.30 bits per heavy atom. The minimum absolute atomic E-state index is 0.00190. The first-order valence-electron chi connectivity index (χ1n) is 7.38. The molecule has 0 aliphatic heterocycles. The molecule has 4 heteroatoms. The van der Waals surface area contributed by atoms with Crippen molar-refractivity contribution in [2.24, 2.45) is 5.92 Å². The molecular formula is C16H23ClN2O. The highest BCUT2D eigenvalue weighted by Crippen LogP contribution is 2.26. The van der Waals surface area contributed by atoms with Gasteiger partial charge in [0, 0.05) is 25.2 Å². The summed E-state index contributed by atoms with van der Waals surface area (Å²) in [5, 5.41) is 3.72. The normalized spacial score (nSPS) is 15.3. The van der Waals surface area contributed by atoms with Gasteiger partial charge in [-0.25, -0.2) is 4.79 Å². The largest absolute Gasteiger partial charge is 0.338 e. The van der Waals surface area contributed by atoms with E-state index in [1.165, 1.54) is 25.7 Å². The van der Waals surface area contributed by atoms with E-state index in [2.05, 4.69) is 5.32 Å². The van der Waals surface area contributed by atoms with Gasteiger partial charge in [-0.1, -0.05) is 49.4 Å². The van der Waals surface area contributed by atoms with Gasteiger partial charge in [0.25, 0.3) is 0 Å². The van der Waals surface area contributed by atoms with Gasteiger partial charge in [0.2, 0.25) is 0 Å². The lowest BCUT2D eigenvalue weighted by Gasteiger charge is -2.19. The Balaban J connectivity index is 1.69. The summed E-state index contributed by atoms with van der Waals surface area (Å²) >= 11 is 5.85. The number of benzene rings is 1. The van der Waals surface area contributed by atoms with Gasteiger partial charge in [0.1, 0.15) is 0 Å². The summed E-state index contributed by atoms with van der Waals surface area (Å²) in [5.41, 5.74) is 1.09. The number of hydrogen-bond donors (Lipinski definition) is 1. The summed E-state index contributed by atoms with van der Waals surface area (Å²) in [6.07, 6.45) is 6.48. The average molecular weight is 295 g/mol. The van der Waals surface area contributed by atoms with Gasteiger partial charge in [-0.2, -0.15) is 0 Å². The fraction of sp³-hybridized carbons (Fsp3) is 0.562. The Morgan fingerprint density at radius 2 is 1.95 bits per heavy atom. The zero-order valence-corrected chi connectivity index (χ0v) is 12.8. The predicted octanol–water partition coefficient (Wildman–Crippen LogP) is 4.06. The first kappa shape index (κ1) is 15.2. The lowest BCUT2D eigenvalue weighted by molar-refractivity contribution is 0.206. The third kappa shape index (κ3) is 4.71. The number of nitrogens with zero attached hydrogens (tertiary/aromatic N) is 1. The Bertz CT molecular complexity index is 427. The van der Waals surface area contributed by atoms with E-state index in [1.807, 2.05) is 31.3 Å². The van der Waals surface area contributed by atoms with Crippen LogP contribution in [0.25, 0.3) is 0 Å². The molecule has 1 N–H and O–H groups in total. The quantitative estimate of drug-likeness (QED) is 0.872. The number of carbonyl (C=O) groups excluding carboxylic acids is 1. The van der Waals surface area contributed by atoms with Gasteiger partial charge in [-0.05, 0) is 30.0 Å². The van der Waals surface area contributed by atoms with Crippen molar-refractivity contribution in [3.63, 3.8) is 0 Å². The van der Waals surface area contributed by atoms with E-state index in [1.54, 1.807) is 4.90 Å². The molecule has 1 aliphatic carbocycles. The van der Waals surface area contributed by atoms with Crippen molar-refractivity contribution in [1.82, 2.24) is 10.2 Å². The lowest BCUT2D eigenvalue weighted by atomic mass is 10.0. The number of amides is 2. The molecule has 20 heavy (non-hydrogen) atoms. The number of nitrogens with one attached hydrogen (secondary N) is 1. The zero-order valence-electron chi connectivity index (χ0n) is 12.1. The highest BCUT2D eigenvalue weighted by Gasteiger charge is 2.15. The molecule has 0 radical (unpaired) electrons. The van der Waals surface area contributed by atoms with Crippen LogP contribution in [-0.2, 0) is 6.54 Å². The molecule has 2 rings (SSSR count). The van der Waals surface area contributed by atoms with Crippen molar-refractivity contribution in [2.75, 3.05) is 13.6 Å². The van der Waals surface area contributed by atoms with Gasteiger partial charge in [-0.15, -0.1) is 0 Å². The Labute approximate surface area is 126 Å². The van der Waals surface area contributed by atoms with Crippen LogP contribution in [0.1, 0.15) is 37.7 Å². The molecule has 1 aliphatic rings. The third-order valence-corrected chi connectivity index (χ3v) is 4.24. The maximum absolute atomic E-state index is 12.0. The average Bonchev–Trinajstić information content (AvgIpc) is 2.94. The molecule has 2 amide bonds. The van der Waals surface area contributed by atoms with Crippen molar-refractivity contribution >= 4 is 17.6 Å². The number of hydrogen-bond acceptors (Lipinski definition) is 1. The molecule has 0 spiro atoms. The molecular weight excluding hydrogens is 272 g/mol. The molecule has 1 aromatic rings. The van der Waals surface area contributed by atoms with Crippen LogP contribution in [0.3, 0.4) is 0 Å². The van der Waals surface area contributed by atoms with Crippen LogP contribution in [0.4, 0.5) is 4.79 Å². The van der Waals surface area contributed by atoms with Crippen molar-refractivity contribution in [3.8, 4) is 0 Å². The molecule has 0 atom stereocenters. The predicted molar refractivity (Wildman–Crippen MR) is 82.9 cm³/mol. The molecule has 0 heterocycles. The first-order chi connectivity index (χ1) is 9.65. The SMILES string of the molecule is CN(Cc1ccc(Cl)cc1)C(=O)NCCC1CCCC1. The summed E-state index contributed by atoms with van der Waals surface area (Å²) in [7, 11) is 1.82. The molecule has 3 nitrogen and oxygen atoms in total. The van der Waals surface area contributed by atoms with Crippen LogP contribution in [0.2, 0.25) is 5.02 Å². The van der Waals surface area contributed by atoms with E-state index in [0.717, 1.165) is 29.5 Å². The van der Waals surface area contributed by atoms with E-state index < -0.39 is 0 Å². The zero-order chi connectivity index (χ0) is 14.4. The fourth-order valence-electron chi connectivity index (χ4n) is 2.75. The minimum Gasteiger partial charge on any atom is -0.338 e. The van der Waals surface area contributed by atoms with Crippen molar-refractivity contribution in [3.05, 3.63) is 34.9 Å². The number of urea groups is 1. The highest BCUT2D eigenvalue weighted by molar-refractivity contribution is 6.30. The second-order valence-electron chi connectivity index (χ2n) is 5.65. The van der Waals surface area contributed by atoms with E-state index in [4.69, 9.17) is 11.6 Å². The Hall–Kier alpha value is -1.22. The smallest absolute Gasteiger partial charge is 0.317 e. The number of carbonyl (C=O) groups is 1. The van der Waals surface area contributed by atoms with Crippen LogP contribution in [-0.4, -0.2) is 24.5 Å². The molecule has 1 aromatic carbocycles. The fourth-order valence-corrected chi connectivity index (χ4v) is 2.88. The van der Waals surface area contributed by atoms with Gasteiger partial charge < -0.3 is 10.2 Å². The standard InChI is InChI=1S/C16H23ClN2O/c1-19(12-14-6-8-15(17)9-7-14)16(20)18-11-10-13-4-2-3-5-13/h6-9,13H,2-5,10-12H2,1H3,(H,18,20). The maximum atomic E-state index is 12.0. The topological polar surface area (TPSA) is 32.3 Å². The van der Waals surface area contributed by atoms with Crippen molar-refractivity contribution in [1.29, 1.82) is 0 Å². The highest BCUT2D eigenvalue weighted by atomic mass is 35.5. The molecule has 0 unspecified atom stereocenters. The van der Waals surface area contributed by atoms with E-state index >= 15 is 0 Å². The van der Waals surface area contributed by atoms with E-state index in [9.17, 15) is 4.79 Å². The van der Waals surface area contributed by atoms with Crippen LogP contribution < -0.4 is 5.32 Å². The van der Waals surface area contributed by atoms with Crippen LogP contribution in [0, 0.1) is 5.92 Å². The van der Waals surface area contributed by atoms with Crippen LogP contribution in [0.15, 0.2) is 24.3 Å². The van der Waals surface area contributed by atoms with Gasteiger partial charge in [0.05, 0.1) is 0 Å². The minimum atomic E-state index is -0.00190. The summed E-state index contributed by atoms with van der Waals surface area (Å²) < 4.78 is 0. The number of halogens is 1. The molecule has 1 fully saturated rings. The summed E-state index contributed by atoms with van der Waals surface area (Å²) in [6, 6.07) is 7.60. The van der Waals surface area contributed by atoms with Gasteiger partial charge in [-0.3, -0.25) is 0 Å². The molecule has 0 bridgehead atoms. The summed E-state index contributed by atoms with van der Waals surface area (Å²) in [5.74, 6) is 0.817. The molecule has 110 valence electrons. The van der Waals surface area contributed by atoms with Crippen molar-refractivity contribution in [2.45, 2.75) is 38.6 Å². The Kier molecular flexibility index (Phi) is 5.72. The molecule has 1 saturated carbocycles. The molecule has 0 saturated heterocycles. The maximum Gasteiger partial charge on any atom is 0.317 e. The van der Waals surface area contributed by atoms with Crippen molar-refractivity contribution < 1.29 is 4.79 Å². The lowest BCUT2D eigenvalue weighted by Crippen LogP contribution is -2.37. The second kappa shape index (κ2) is 7.53. The summed E-state index contributed by atoms with van der Waals surface area (Å²) in [4.78, 5) is 13.7. The molecule has 0 aromatic heterocycles. The first-order valence-corrected chi connectivity index (χ1v) is 7.76.